The summed E-state index contributed by atoms with van der Waals surface area (Å²) in [6.07, 6.45) is 3.59. The molecule has 3 heterocycles. The molecule has 3 aromatic heterocycles. The van der Waals surface area contributed by atoms with Crippen LogP contribution in [0.5, 0.6) is 0 Å². The molecular weight excluding hydrogens is 280 g/mol. The van der Waals surface area contributed by atoms with Gasteiger partial charge in [-0.2, -0.15) is 5.10 Å². The van der Waals surface area contributed by atoms with Gasteiger partial charge in [-0.25, -0.2) is 0 Å². The molecule has 5 nitrogen and oxygen atoms in total. The fraction of sp³-hybridized carbons (Fsp3) is 0.250. The molecule has 1 atom stereocenters. The average Bonchev–Trinajstić information content (AvgIpc) is 2.99. The van der Waals surface area contributed by atoms with Gasteiger partial charge in [0.05, 0.1) is 18.1 Å². The van der Waals surface area contributed by atoms with Crippen LogP contribution in [-0.2, 0) is 6.54 Å². The molecule has 0 aliphatic carbocycles. The third-order valence-electron chi connectivity index (χ3n) is 2.99. The maximum absolute atomic E-state index is 12.4. The summed E-state index contributed by atoms with van der Waals surface area (Å²) in [5.41, 5.74) is 0.774. The van der Waals surface area contributed by atoms with Crippen molar-refractivity contribution in [1.82, 2.24) is 19.3 Å². The Morgan fingerprint density at radius 3 is 3.16 bits per heavy atom. The van der Waals surface area contributed by atoms with E-state index in [1.165, 1.54) is 11.3 Å². The second-order valence-electron chi connectivity index (χ2n) is 4.35. The van der Waals surface area contributed by atoms with Crippen LogP contribution in [0.2, 0.25) is 0 Å². The fourth-order valence-corrected chi connectivity index (χ4v) is 3.27. The first-order valence-corrected chi connectivity index (χ1v) is 7.15. The van der Waals surface area contributed by atoms with Crippen molar-refractivity contribution in [3.05, 3.63) is 45.0 Å². The van der Waals surface area contributed by atoms with Gasteiger partial charge < -0.3 is 4.98 Å². The highest BCUT2D eigenvalue weighted by atomic mass is 32.1. The van der Waals surface area contributed by atoms with Crippen molar-refractivity contribution < 1.29 is 0 Å². The van der Waals surface area contributed by atoms with Gasteiger partial charge in [-0.3, -0.25) is 14.0 Å². The van der Waals surface area contributed by atoms with Crippen LogP contribution in [0.1, 0.15) is 13.0 Å². The number of rotatable bonds is 3. The highest BCUT2D eigenvalue weighted by Gasteiger charge is 2.13. The van der Waals surface area contributed by atoms with Crippen molar-refractivity contribution in [2.75, 3.05) is 0 Å². The maximum atomic E-state index is 12.4. The van der Waals surface area contributed by atoms with E-state index in [4.69, 9.17) is 12.2 Å². The Hall–Kier alpha value is -1.73. The minimum atomic E-state index is -0.0531. The van der Waals surface area contributed by atoms with Crippen LogP contribution in [0.25, 0.3) is 10.2 Å². The molecule has 0 aliphatic rings. The van der Waals surface area contributed by atoms with Crippen LogP contribution >= 0.6 is 23.6 Å². The third kappa shape index (κ3) is 2.15. The highest BCUT2D eigenvalue weighted by Crippen LogP contribution is 2.16. The molecule has 98 valence electrons. The van der Waals surface area contributed by atoms with E-state index in [9.17, 15) is 4.79 Å². The molecule has 3 aromatic rings. The zero-order valence-electron chi connectivity index (χ0n) is 10.2. The predicted molar refractivity (Wildman–Crippen MR) is 78.2 cm³/mol. The lowest BCUT2D eigenvalue weighted by Crippen LogP contribution is -2.27. The average molecular weight is 292 g/mol. The number of fused-ring (bicyclic) bond motifs is 1. The summed E-state index contributed by atoms with van der Waals surface area (Å²) < 4.78 is 4.58. The summed E-state index contributed by atoms with van der Waals surface area (Å²) in [7, 11) is 0. The van der Waals surface area contributed by atoms with Gasteiger partial charge in [-0.1, -0.05) is 0 Å². The summed E-state index contributed by atoms with van der Waals surface area (Å²) in [5, 5.41) is 6.04. The second kappa shape index (κ2) is 4.75. The Morgan fingerprint density at radius 2 is 2.42 bits per heavy atom. The maximum Gasteiger partial charge on any atom is 0.272 e. The molecule has 0 saturated heterocycles. The SMILES string of the molecule is CC(Cn1cccn1)n1c(=S)[nH]c2ccsc2c1=O. The second-order valence-corrected chi connectivity index (χ2v) is 5.65. The van der Waals surface area contributed by atoms with Gasteiger partial charge >= 0.3 is 0 Å². The molecule has 0 aromatic carbocycles. The Labute approximate surface area is 118 Å². The molecule has 7 heteroatoms. The van der Waals surface area contributed by atoms with Crippen LogP contribution in [0.4, 0.5) is 0 Å². The number of nitrogens with zero attached hydrogens (tertiary/aromatic N) is 3. The van der Waals surface area contributed by atoms with Gasteiger partial charge in [0, 0.05) is 12.4 Å². The van der Waals surface area contributed by atoms with E-state index in [2.05, 4.69) is 10.1 Å². The first-order valence-electron chi connectivity index (χ1n) is 5.86. The van der Waals surface area contributed by atoms with E-state index in [-0.39, 0.29) is 11.6 Å². The lowest BCUT2D eigenvalue weighted by molar-refractivity contribution is 0.422. The minimum absolute atomic E-state index is 0.0339. The van der Waals surface area contributed by atoms with Gasteiger partial charge in [0.2, 0.25) is 0 Å². The van der Waals surface area contributed by atoms with Crippen LogP contribution in [0.15, 0.2) is 34.7 Å². The van der Waals surface area contributed by atoms with Crippen LogP contribution in [0, 0.1) is 4.77 Å². The Bertz CT molecular complexity index is 812. The van der Waals surface area contributed by atoms with Crippen molar-refractivity contribution >= 4 is 33.8 Å². The first kappa shape index (κ1) is 12.3. The van der Waals surface area contributed by atoms with Crippen LogP contribution < -0.4 is 5.56 Å². The van der Waals surface area contributed by atoms with Gasteiger partial charge in [0.25, 0.3) is 5.56 Å². The standard InChI is InChI=1S/C12H12N4OS2/c1-8(7-15-5-2-4-13-15)16-11(17)10-9(3-6-19-10)14-12(16)18/h2-6,8H,7H2,1H3,(H,14,18). The molecule has 3 rings (SSSR count). The van der Waals surface area contributed by atoms with Gasteiger partial charge in [-0.05, 0) is 36.7 Å². The summed E-state index contributed by atoms with van der Waals surface area (Å²) in [6.45, 7) is 2.58. The molecule has 0 amide bonds. The zero-order chi connectivity index (χ0) is 13.4. The lowest BCUT2D eigenvalue weighted by atomic mass is 10.3. The predicted octanol–water partition coefficient (Wildman–Crippen LogP) is 2.58. The number of hydrogen-bond acceptors (Lipinski definition) is 4. The number of H-pyrrole nitrogens is 1. The molecule has 1 unspecified atom stereocenters. The van der Waals surface area contributed by atoms with Crippen molar-refractivity contribution in [1.29, 1.82) is 0 Å². The van der Waals surface area contributed by atoms with E-state index in [0.29, 0.717) is 16.0 Å². The topological polar surface area (TPSA) is 55.6 Å². The Balaban J connectivity index is 2.09. The van der Waals surface area contributed by atoms with Crippen molar-refractivity contribution in [2.24, 2.45) is 0 Å². The van der Waals surface area contributed by atoms with Gasteiger partial charge in [0.1, 0.15) is 4.70 Å². The summed E-state index contributed by atoms with van der Waals surface area (Å²) in [4.78, 5) is 15.5. The minimum Gasteiger partial charge on any atom is -0.331 e. The molecule has 0 aliphatic heterocycles. The van der Waals surface area contributed by atoms with Crippen molar-refractivity contribution in [3.8, 4) is 0 Å². The van der Waals surface area contributed by atoms with Gasteiger partial charge in [-0.15, -0.1) is 11.3 Å². The zero-order valence-corrected chi connectivity index (χ0v) is 11.9. The Kier molecular flexibility index (Phi) is 3.08. The number of aromatic amines is 1. The molecule has 0 bridgehead atoms. The molecule has 0 saturated carbocycles. The van der Waals surface area contributed by atoms with Crippen LogP contribution in [0.3, 0.4) is 0 Å². The van der Waals surface area contributed by atoms with Crippen LogP contribution in [-0.4, -0.2) is 19.3 Å². The molecular formula is C12H12N4OS2. The molecule has 0 fully saturated rings. The summed E-state index contributed by atoms with van der Waals surface area (Å²) in [5.74, 6) is 0. The van der Waals surface area contributed by atoms with E-state index < -0.39 is 0 Å². The molecule has 1 N–H and O–H groups in total. The molecule has 19 heavy (non-hydrogen) atoms. The molecule has 0 radical (unpaired) electrons. The third-order valence-corrected chi connectivity index (χ3v) is 4.19. The van der Waals surface area contributed by atoms with Crippen molar-refractivity contribution in [3.63, 3.8) is 0 Å². The monoisotopic (exact) mass is 292 g/mol. The fourth-order valence-electron chi connectivity index (χ4n) is 2.11. The quantitative estimate of drug-likeness (QED) is 0.755. The molecule has 0 spiro atoms. The van der Waals surface area contributed by atoms with E-state index in [1.54, 1.807) is 15.4 Å². The highest BCUT2D eigenvalue weighted by molar-refractivity contribution is 7.71. The Morgan fingerprint density at radius 1 is 1.58 bits per heavy atom. The van der Waals surface area contributed by atoms with Gasteiger partial charge in [0.15, 0.2) is 4.77 Å². The number of aromatic nitrogens is 4. The smallest absolute Gasteiger partial charge is 0.272 e. The van der Waals surface area contributed by atoms with E-state index in [1.807, 2.05) is 30.6 Å². The lowest BCUT2D eigenvalue weighted by Gasteiger charge is -2.15. The number of nitrogens with one attached hydrogen (secondary N) is 1. The first-order chi connectivity index (χ1) is 9.16. The summed E-state index contributed by atoms with van der Waals surface area (Å²) in [6, 6.07) is 3.68. The normalized spacial score (nSPS) is 12.9. The summed E-state index contributed by atoms with van der Waals surface area (Å²) >= 11 is 6.72. The van der Waals surface area contributed by atoms with E-state index >= 15 is 0 Å². The number of hydrogen-bond donors (Lipinski definition) is 1. The van der Waals surface area contributed by atoms with Crippen molar-refractivity contribution in [2.45, 2.75) is 19.5 Å². The number of thiophene rings is 1. The van der Waals surface area contributed by atoms with E-state index in [0.717, 1.165) is 5.52 Å². The largest absolute Gasteiger partial charge is 0.331 e.